The third-order valence-corrected chi connectivity index (χ3v) is 2.44. The third kappa shape index (κ3) is 3.10. The number of nitrogens with one attached hydrogen (secondary N) is 1. The summed E-state index contributed by atoms with van der Waals surface area (Å²) in [4.78, 5) is 15.8. The number of rotatable bonds is 4. The molecule has 0 saturated heterocycles. The number of carbonyl (C=O) groups is 1. The van der Waals surface area contributed by atoms with Gasteiger partial charge in [0.2, 0.25) is 0 Å². The lowest BCUT2D eigenvalue weighted by Crippen LogP contribution is -2.15. The number of ether oxygens (including phenoxy) is 1. The van der Waals surface area contributed by atoms with Gasteiger partial charge in [-0.2, -0.15) is 5.26 Å². The molecule has 2 rings (SSSR count). The van der Waals surface area contributed by atoms with Gasteiger partial charge in [-0.05, 0) is 12.1 Å². The largest absolute Gasteiger partial charge is 0.479 e. The van der Waals surface area contributed by atoms with Gasteiger partial charge < -0.3 is 14.6 Å². The lowest BCUT2D eigenvalue weighted by atomic mass is 10.3. The average Bonchev–Trinajstić information content (AvgIpc) is 2.83. The number of nitrogens with zero attached hydrogens (tertiary/aromatic N) is 3. The van der Waals surface area contributed by atoms with Gasteiger partial charge in [-0.25, -0.2) is 4.98 Å². The SMILES string of the molecule is Cn1cncc1C(=O)Nc1cccc(OCC#N)c1. The van der Waals surface area contributed by atoms with Crippen LogP contribution in [0.1, 0.15) is 10.5 Å². The predicted molar refractivity (Wildman–Crippen MR) is 68.7 cm³/mol. The molecule has 1 N–H and O–H groups in total. The molecule has 0 aliphatic carbocycles. The minimum atomic E-state index is -0.252. The van der Waals surface area contributed by atoms with E-state index in [0.717, 1.165) is 0 Å². The van der Waals surface area contributed by atoms with E-state index >= 15 is 0 Å². The Morgan fingerprint density at radius 1 is 1.58 bits per heavy atom. The zero-order valence-corrected chi connectivity index (χ0v) is 10.3. The number of hydrogen-bond donors (Lipinski definition) is 1. The summed E-state index contributed by atoms with van der Waals surface area (Å²) in [5.41, 5.74) is 1.06. The Balaban J connectivity index is 2.09. The number of benzene rings is 1. The van der Waals surface area contributed by atoms with Crippen LogP contribution >= 0.6 is 0 Å². The number of amides is 1. The summed E-state index contributed by atoms with van der Waals surface area (Å²) >= 11 is 0. The normalized spacial score (nSPS) is 9.68. The van der Waals surface area contributed by atoms with Gasteiger partial charge in [-0.3, -0.25) is 4.79 Å². The van der Waals surface area contributed by atoms with Crippen molar-refractivity contribution < 1.29 is 9.53 Å². The van der Waals surface area contributed by atoms with Crippen molar-refractivity contribution in [3.8, 4) is 11.8 Å². The maximum Gasteiger partial charge on any atom is 0.273 e. The van der Waals surface area contributed by atoms with Gasteiger partial charge in [0.15, 0.2) is 6.61 Å². The summed E-state index contributed by atoms with van der Waals surface area (Å²) in [6.45, 7) is -0.0286. The van der Waals surface area contributed by atoms with Crippen molar-refractivity contribution in [2.24, 2.45) is 7.05 Å². The molecule has 1 aromatic heterocycles. The van der Waals surface area contributed by atoms with Crippen LogP contribution in [0.25, 0.3) is 0 Å². The molecule has 0 spiro atoms. The van der Waals surface area contributed by atoms with Crippen LogP contribution in [0.15, 0.2) is 36.8 Å². The van der Waals surface area contributed by atoms with Gasteiger partial charge in [-0.15, -0.1) is 0 Å². The summed E-state index contributed by atoms with van der Waals surface area (Å²) in [6.07, 6.45) is 3.05. The molecule has 0 aliphatic heterocycles. The molecule has 0 saturated carbocycles. The zero-order valence-electron chi connectivity index (χ0n) is 10.3. The van der Waals surface area contributed by atoms with E-state index in [2.05, 4.69) is 10.3 Å². The molecule has 0 fully saturated rings. The molecule has 19 heavy (non-hydrogen) atoms. The summed E-state index contributed by atoms with van der Waals surface area (Å²) in [6, 6.07) is 8.75. The molecular weight excluding hydrogens is 244 g/mol. The van der Waals surface area contributed by atoms with Gasteiger partial charge in [0.25, 0.3) is 5.91 Å². The second-order valence-electron chi connectivity index (χ2n) is 3.82. The van der Waals surface area contributed by atoms with E-state index in [1.807, 2.05) is 6.07 Å². The van der Waals surface area contributed by atoms with Crippen molar-refractivity contribution in [2.45, 2.75) is 0 Å². The summed E-state index contributed by atoms with van der Waals surface area (Å²) in [5.74, 6) is 0.279. The van der Waals surface area contributed by atoms with Crippen molar-refractivity contribution in [2.75, 3.05) is 11.9 Å². The first-order chi connectivity index (χ1) is 9.20. The molecule has 1 aromatic carbocycles. The summed E-state index contributed by atoms with van der Waals surface area (Å²) in [7, 11) is 1.74. The van der Waals surface area contributed by atoms with E-state index in [1.165, 1.54) is 6.20 Å². The van der Waals surface area contributed by atoms with Crippen molar-refractivity contribution in [1.82, 2.24) is 9.55 Å². The highest BCUT2D eigenvalue weighted by Gasteiger charge is 2.10. The van der Waals surface area contributed by atoms with E-state index in [4.69, 9.17) is 10.00 Å². The van der Waals surface area contributed by atoms with Gasteiger partial charge >= 0.3 is 0 Å². The van der Waals surface area contributed by atoms with E-state index < -0.39 is 0 Å². The number of nitriles is 1. The van der Waals surface area contributed by atoms with Crippen LogP contribution in [0.4, 0.5) is 5.69 Å². The number of imidazole rings is 1. The molecule has 0 atom stereocenters. The fourth-order valence-corrected chi connectivity index (χ4v) is 1.55. The van der Waals surface area contributed by atoms with Crippen molar-refractivity contribution in [3.63, 3.8) is 0 Å². The second kappa shape index (κ2) is 5.69. The minimum Gasteiger partial charge on any atom is -0.479 e. The molecule has 6 heteroatoms. The molecule has 1 heterocycles. The fraction of sp³-hybridized carbons (Fsp3) is 0.154. The van der Waals surface area contributed by atoms with Crippen LogP contribution < -0.4 is 10.1 Å². The van der Waals surface area contributed by atoms with Crippen LogP contribution in [0, 0.1) is 11.3 Å². The van der Waals surface area contributed by atoms with Crippen LogP contribution in [-0.4, -0.2) is 22.1 Å². The van der Waals surface area contributed by atoms with Crippen LogP contribution in [0.5, 0.6) is 5.75 Å². The number of hydrogen-bond acceptors (Lipinski definition) is 4. The third-order valence-electron chi connectivity index (χ3n) is 2.44. The molecule has 0 aliphatic rings. The van der Waals surface area contributed by atoms with E-state index in [9.17, 15) is 4.79 Å². The highest BCUT2D eigenvalue weighted by molar-refractivity contribution is 6.03. The van der Waals surface area contributed by atoms with Gasteiger partial charge in [-0.1, -0.05) is 6.07 Å². The standard InChI is InChI=1S/C13H12N4O2/c1-17-9-15-8-12(17)13(18)16-10-3-2-4-11(7-10)19-6-5-14/h2-4,7-9H,6H2,1H3,(H,16,18). The second-order valence-corrected chi connectivity index (χ2v) is 3.82. The molecule has 0 radical (unpaired) electrons. The van der Waals surface area contributed by atoms with Gasteiger partial charge in [0.1, 0.15) is 17.5 Å². The first-order valence-electron chi connectivity index (χ1n) is 5.58. The van der Waals surface area contributed by atoms with E-state index in [0.29, 0.717) is 17.1 Å². The van der Waals surface area contributed by atoms with Crippen LogP contribution in [0.2, 0.25) is 0 Å². The minimum absolute atomic E-state index is 0.0286. The molecule has 6 nitrogen and oxygen atoms in total. The summed E-state index contributed by atoms with van der Waals surface area (Å²) in [5, 5.41) is 11.2. The Labute approximate surface area is 110 Å². The highest BCUT2D eigenvalue weighted by Crippen LogP contribution is 2.17. The lowest BCUT2D eigenvalue weighted by molar-refractivity contribution is 0.101. The molecular formula is C13H12N4O2. The Kier molecular flexibility index (Phi) is 3.78. The van der Waals surface area contributed by atoms with E-state index in [-0.39, 0.29) is 12.5 Å². The average molecular weight is 256 g/mol. The molecule has 1 amide bonds. The summed E-state index contributed by atoms with van der Waals surface area (Å²) < 4.78 is 6.79. The first kappa shape index (κ1) is 12.6. The first-order valence-corrected chi connectivity index (χ1v) is 5.58. The molecule has 0 unspecified atom stereocenters. The fourth-order valence-electron chi connectivity index (χ4n) is 1.55. The monoisotopic (exact) mass is 256 g/mol. The maximum absolute atomic E-state index is 12.0. The predicted octanol–water partition coefficient (Wildman–Crippen LogP) is 1.57. The number of aryl methyl sites for hydroxylation is 1. The highest BCUT2D eigenvalue weighted by atomic mass is 16.5. The van der Waals surface area contributed by atoms with Crippen molar-refractivity contribution in [1.29, 1.82) is 5.26 Å². The smallest absolute Gasteiger partial charge is 0.273 e. The Morgan fingerprint density at radius 3 is 3.11 bits per heavy atom. The van der Waals surface area contributed by atoms with Gasteiger partial charge in [0.05, 0.1) is 12.5 Å². The zero-order chi connectivity index (χ0) is 13.7. The Morgan fingerprint density at radius 2 is 2.42 bits per heavy atom. The Hall–Kier alpha value is -2.81. The van der Waals surface area contributed by atoms with E-state index in [1.54, 1.807) is 42.2 Å². The number of anilines is 1. The quantitative estimate of drug-likeness (QED) is 0.900. The van der Waals surface area contributed by atoms with Gasteiger partial charge in [0, 0.05) is 18.8 Å². The molecule has 2 aromatic rings. The van der Waals surface area contributed by atoms with Crippen LogP contribution in [0.3, 0.4) is 0 Å². The number of aromatic nitrogens is 2. The van der Waals surface area contributed by atoms with Crippen LogP contribution in [-0.2, 0) is 7.05 Å². The topological polar surface area (TPSA) is 79.9 Å². The number of carbonyl (C=O) groups excluding carboxylic acids is 1. The maximum atomic E-state index is 12.0. The molecule has 0 bridgehead atoms. The Bertz CT molecular complexity index is 628. The molecule has 96 valence electrons. The van der Waals surface area contributed by atoms with Crippen molar-refractivity contribution >= 4 is 11.6 Å². The lowest BCUT2D eigenvalue weighted by Gasteiger charge is -2.07. The van der Waals surface area contributed by atoms with Crippen molar-refractivity contribution in [3.05, 3.63) is 42.5 Å².